The zero-order chi connectivity index (χ0) is 7.73. The minimum absolute atomic E-state index is 0.874. The van der Waals surface area contributed by atoms with Gasteiger partial charge >= 0.3 is 0 Å². The molecule has 0 aromatic carbocycles. The summed E-state index contributed by atoms with van der Waals surface area (Å²) in [6, 6.07) is 0. The van der Waals surface area contributed by atoms with Crippen LogP contribution >= 0.6 is 7.14 Å². The fourth-order valence-corrected chi connectivity index (χ4v) is 5.54. The van der Waals surface area contributed by atoms with Gasteiger partial charge in [0.05, 0.1) is 7.14 Å². The highest BCUT2D eigenvalue weighted by Crippen LogP contribution is 2.55. The first-order chi connectivity index (χ1) is 5.29. The summed E-state index contributed by atoms with van der Waals surface area (Å²) in [5, 5.41) is 0. The minimum Gasteiger partial charge on any atom is -0.324 e. The molecule has 1 nitrogen and oxygen atoms in total. The van der Waals surface area contributed by atoms with E-state index in [1.165, 1.54) is 32.1 Å². The van der Waals surface area contributed by atoms with E-state index in [0.717, 1.165) is 24.4 Å². The smallest absolute Gasteiger partial charge is 0.0880 e. The maximum Gasteiger partial charge on any atom is 0.0880 e. The molecule has 1 saturated heterocycles. The van der Waals surface area contributed by atoms with E-state index in [1.807, 2.05) is 0 Å². The van der Waals surface area contributed by atoms with Crippen LogP contribution in [-0.4, -0.2) is 18.5 Å². The van der Waals surface area contributed by atoms with Gasteiger partial charge in [-0.1, -0.05) is 6.42 Å². The van der Waals surface area contributed by atoms with Crippen LogP contribution in [0.25, 0.3) is 0 Å². The lowest BCUT2D eigenvalue weighted by Crippen LogP contribution is -2.07. The van der Waals surface area contributed by atoms with Crippen molar-refractivity contribution in [2.45, 2.75) is 32.1 Å². The third-order valence-corrected chi connectivity index (χ3v) is 6.36. The Labute approximate surface area is 68.9 Å². The summed E-state index contributed by atoms with van der Waals surface area (Å²) in [6.45, 7) is 0. The van der Waals surface area contributed by atoms with Gasteiger partial charge in [-0.2, -0.15) is 0 Å². The average Bonchev–Trinajstić information content (AvgIpc) is 2.72. The predicted molar refractivity (Wildman–Crippen MR) is 48.8 cm³/mol. The van der Waals surface area contributed by atoms with E-state index in [0.29, 0.717) is 0 Å². The van der Waals surface area contributed by atoms with E-state index >= 15 is 0 Å². The van der Waals surface area contributed by atoms with E-state index in [2.05, 4.69) is 0 Å². The average molecular weight is 172 g/mol. The van der Waals surface area contributed by atoms with Crippen LogP contribution in [0.15, 0.2) is 0 Å². The molecule has 1 saturated carbocycles. The molecule has 0 amide bonds. The summed E-state index contributed by atoms with van der Waals surface area (Å²) < 4.78 is 12.1. The monoisotopic (exact) mass is 172 g/mol. The molecule has 0 aromatic heterocycles. The van der Waals surface area contributed by atoms with Crippen molar-refractivity contribution >= 4 is 7.14 Å². The van der Waals surface area contributed by atoms with Crippen molar-refractivity contribution in [2.75, 3.05) is 18.5 Å². The van der Waals surface area contributed by atoms with Crippen LogP contribution in [0.4, 0.5) is 0 Å². The summed E-state index contributed by atoms with van der Waals surface area (Å²) in [5.74, 6) is 0.874. The molecular weight excluding hydrogens is 155 g/mol. The van der Waals surface area contributed by atoms with Gasteiger partial charge < -0.3 is 4.57 Å². The standard InChI is InChI=1S/C9H17OP/c10-11(8-9-4-5-9)6-2-1-3-7-11/h9H,1-8H2. The molecule has 0 N–H and O–H groups in total. The maximum atomic E-state index is 12.1. The molecule has 1 heterocycles. The Morgan fingerprint density at radius 3 is 2.27 bits per heavy atom. The molecule has 1 aliphatic carbocycles. The van der Waals surface area contributed by atoms with Gasteiger partial charge in [-0.05, 0) is 31.6 Å². The first kappa shape index (κ1) is 7.86. The SMILES string of the molecule is O=P1(CC2CC2)CCCCC1. The Morgan fingerprint density at radius 2 is 1.73 bits per heavy atom. The van der Waals surface area contributed by atoms with Crippen molar-refractivity contribution in [3.63, 3.8) is 0 Å². The lowest BCUT2D eigenvalue weighted by atomic mass is 10.3. The summed E-state index contributed by atoms with van der Waals surface area (Å²) in [4.78, 5) is 0. The first-order valence-electron chi connectivity index (χ1n) is 4.86. The molecule has 0 spiro atoms. The Hall–Kier alpha value is 0.230. The van der Waals surface area contributed by atoms with Gasteiger partial charge in [0.1, 0.15) is 0 Å². The molecule has 0 radical (unpaired) electrons. The van der Waals surface area contributed by atoms with Crippen LogP contribution < -0.4 is 0 Å². The molecule has 2 aliphatic rings. The van der Waals surface area contributed by atoms with Crippen molar-refractivity contribution < 1.29 is 4.57 Å². The fourth-order valence-electron chi connectivity index (χ4n) is 2.04. The molecule has 0 aromatic rings. The van der Waals surface area contributed by atoms with Crippen LogP contribution in [0, 0.1) is 5.92 Å². The highest BCUT2D eigenvalue weighted by Gasteiger charge is 2.33. The second-order valence-electron chi connectivity index (χ2n) is 4.19. The Bertz CT molecular complexity index is 174. The molecule has 0 atom stereocenters. The second kappa shape index (κ2) is 2.94. The molecular formula is C9H17OP. The quantitative estimate of drug-likeness (QED) is 0.585. The van der Waals surface area contributed by atoms with E-state index in [1.54, 1.807) is 0 Å². The fraction of sp³-hybridized carbons (Fsp3) is 1.00. The van der Waals surface area contributed by atoms with Crippen molar-refractivity contribution in [3.8, 4) is 0 Å². The van der Waals surface area contributed by atoms with Gasteiger partial charge in [-0.3, -0.25) is 0 Å². The lowest BCUT2D eigenvalue weighted by Gasteiger charge is -2.22. The van der Waals surface area contributed by atoms with Crippen LogP contribution in [0.3, 0.4) is 0 Å². The van der Waals surface area contributed by atoms with E-state index in [-0.39, 0.29) is 0 Å². The largest absolute Gasteiger partial charge is 0.324 e. The predicted octanol–water partition coefficient (Wildman–Crippen LogP) is 2.94. The normalized spacial score (nSPS) is 30.2. The van der Waals surface area contributed by atoms with Crippen molar-refractivity contribution in [1.82, 2.24) is 0 Å². The summed E-state index contributed by atoms with van der Waals surface area (Å²) >= 11 is 0. The molecule has 64 valence electrons. The zero-order valence-electron chi connectivity index (χ0n) is 7.09. The van der Waals surface area contributed by atoms with Crippen molar-refractivity contribution in [2.24, 2.45) is 5.92 Å². The maximum absolute atomic E-state index is 12.1. The lowest BCUT2D eigenvalue weighted by molar-refractivity contribution is 0.557. The highest BCUT2D eigenvalue weighted by atomic mass is 31.2. The minimum atomic E-state index is -1.61. The number of hydrogen-bond acceptors (Lipinski definition) is 1. The van der Waals surface area contributed by atoms with Crippen LogP contribution in [-0.2, 0) is 4.57 Å². The molecule has 1 aliphatic heterocycles. The van der Waals surface area contributed by atoms with Crippen molar-refractivity contribution in [3.05, 3.63) is 0 Å². The first-order valence-corrected chi connectivity index (χ1v) is 7.12. The van der Waals surface area contributed by atoms with E-state index in [9.17, 15) is 4.57 Å². The van der Waals surface area contributed by atoms with Gasteiger partial charge in [0.25, 0.3) is 0 Å². The third kappa shape index (κ3) is 2.08. The molecule has 2 rings (SSSR count). The highest BCUT2D eigenvalue weighted by molar-refractivity contribution is 7.64. The summed E-state index contributed by atoms with van der Waals surface area (Å²) in [7, 11) is -1.61. The van der Waals surface area contributed by atoms with Gasteiger partial charge in [0.2, 0.25) is 0 Å². The Kier molecular flexibility index (Phi) is 2.10. The summed E-state index contributed by atoms with van der Waals surface area (Å²) in [5.41, 5.74) is 0. The van der Waals surface area contributed by atoms with E-state index < -0.39 is 7.14 Å². The van der Waals surface area contributed by atoms with Crippen LogP contribution in [0.1, 0.15) is 32.1 Å². The zero-order valence-corrected chi connectivity index (χ0v) is 7.98. The van der Waals surface area contributed by atoms with E-state index in [4.69, 9.17) is 0 Å². The number of rotatable bonds is 2. The topological polar surface area (TPSA) is 17.1 Å². The summed E-state index contributed by atoms with van der Waals surface area (Å²) in [6.07, 6.45) is 9.79. The molecule has 2 heteroatoms. The number of hydrogen-bond donors (Lipinski definition) is 0. The van der Waals surface area contributed by atoms with Gasteiger partial charge in [0.15, 0.2) is 0 Å². The van der Waals surface area contributed by atoms with Crippen LogP contribution in [0.2, 0.25) is 0 Å². The van der Waals surface area contributed by atoms with Gasteiger partial charge in [-0.25, -0.2) is 0 Å². The third-order valence-electron chi connectivity index (χ3n) is 2.92. The second-order valence-corrected chi connectivity index (χ2v) is 7.57. The Morgan fingerprint density at radius 1 is 1.09 bits per heavy atom. The van der Waals surface area contributed by atoms with Crippen molar-refractivity contribution in [1.29, 1.82) is 0 Å². The molecule has 0 bridgehead atoms. The molecule has 2 fully saturated rings. The molecule has 11 heavy (non-hydrogen) atoms. The van der Waals surface area contributed by atoms with Gasteiger partial charge in [0, 0.05) is 18.5 Å². The molecule has 0 unspecified atom stereocenters. The van der Waals surface area contributed by atoms with Crippen LogP contribution in [0.5, 0.6) is 0 Å². The Balaban J connectivity index is 1.89. The van der Waals surface area contributed by atoms with Gasteiger partial charge in [-0.15, -0.1) is 0 Å².